The molecule has 2 amide bonds. The number of amides is 2. The van der Waals surface area contributed by atoms with Crippen molar-refractivity contribution >= 4 is 22.9 Å². The summed E-state index contributed by atoms with van der Waals surface area (Å²) in [6.45, 7) is 5.80. The van der Waals surface area contributed by atoms with Crippen LogP contribution < -0.4 is 16.5 Å². The molecule has 46 heavy (non-hydrogen) atoms. The molecule has 0 saturated heterocycles. The number of fused-ring (bicyclic) bond motifs is 2. The number of rotatable bonds is 3. The van der Waals surface area contributed by atoms with E-state index in [9.17, 15) is 19.5 Å². The van der Waals surface area contributed by atoms with E-state index in [-0.39, 0.29) is 17.1 Å². The molecule has 6 rings (SSSR count). The average molecular weight is 617 g/mol. The summed E-state index contributed by atoms with van der Waals surface area (Å²) in [6.07, 6.45) is 4.94. The van der Waals surface area contributed by atoms with Gasteiger partial charge in [-0.15, -0.1) is 0 Å². The highest BCUT2D eigenvalue weighted by Crippen LogP contribution is 2.26. The van der Waals surface area contributed by atoms with E-state index in [2.05, 4.69) is 27.7 Å². The van der Waals surface area contributed by atoms with E-state index in [1.54, 1.807) is 62.0 Å². The van der Waals surface area contributed by atoms with E-state index in [1.807, 2.05) is 36.4 Å². The Labute approximate surface area is 264 Å². The van der Waals surface area contributed by atoms with E-state index < -0.39 is 17.6 Å². The van der Waals surface area contributed by atoms with Crippen LogP contribution >= 0.6 is 0 Å². The van der Waals surface area contributed by atoms with Crippen molar-refractivity contribution in [1.82, 2.24) is 30.0 Å². The summed E-state index contributed by atoms with van der Waals surface area (Å²) in [6, 6.07) is 18.0. The Morgan fingerprint density at radius 3 is 2.33 bits per heavy atom. The lowest BCUT2D eigenvalue weighted by Crippen LogP contribution is -2.44. The zero-order valence-corrected chi connectivity index (χ0v) is 25.6. The first-order valence-electron chi connectivity index (χ1n) is 14.9. The fraction of sp³-hybridized carbons (Fsp3) is 0.229. The molecule has 5 aromatic rings. The van der Waals surface area contributed by atoms with Gasteiger partial charge >= 0.3 is 11.8 Å². The summed E-state index contributed by atoms with van der Waals surface area (Å²) in [4.78, 5) is 46.8. The Morgan fingerprint density at radius 1 is 0.957 bits per heavy atom. The SMILES string of the molecule is CC(C)(C)OC(=O)NNC(=O)c1cc(-c2ccc(C#Cc3ccc(-n4c(O)c5n(c4=O)CCCC5)cc3)cc2)nc2ccncc12. The number of hydrogen-bond acceptors (Lipinski definition) is 7. The third-order valence-corrected chi connectivity index (χ3v) is 7.45. The Bertz CT molecular complexity index is 2080. The number of benzene rings is 2. The summed E-state index contributed by atoms with van der Waals surface area (Å²) in [5.41, 5.74) is 8.71. The normalized spacial score (nSPS) is 12.5. The number of aromatic nitrogens is 4. The fourth-order valence-electron chi connectivity index (χ4n) is 5.29. The summed E-state index contributed by atoms with van der Waals surface area (Å²) < 4.78 is 8.19. The Balaban J connectivity index is 1.19. The largest absolute Gasteiger partial charge is 0.493 e. The molecular formula is C35H32N6O5. The predicted molar refractivity (Wildman–Crippen MR) is 172 cm³/mol. The van der Waals surface area contributed by atoms with E-state index in [0.29, 0.717) is 40.9 Å². The first kappa shape index (κ1) is 30.1. The molecule has 3 aromatic heterocycles. The van der Waals surface area contributed by atoms with Gasteiger partial charge in [0.15, 0.2) is 0 Å². The molecule has 11 heteroatoms. The van der Waals surface area contributed by atoms with Crippen molar-refractivity contribution in [3.63, 3.8) is 0 Å². The second kappa shape index (κ2) is 12.2. The topological polar surface area (TPSA) is 140 Å². The van der Waals surface area contributed by atoms with Crippen LogP contribution in [0.5, 0.6) is 5.88 Å². The number of pyridine rings is 2. The van der Waals surface area contributed by atoms with Crippen molar-refractivity contribution in [2.45, 2.75) is 52.2 Å². The minimum Gasteiger partial charge on any atom is -0.493 e. The van der Waals surface area contributed by atoms with Crippen molar-refractivity contribution < 1.29 is 19.4 Å². The van der Waals surface area contributed by atoms with Gasteiger partial charge in [0.05, 0.1) is 28.2 Å². The minimum atomic E-state index is -0.778. The van der Waals surface area contributed by atoms with Gasteiger partial charge in [-0.05, 0) is 88.6 Å². The van der Waals surface area contributed by atoms with E-state index in [1.165, 1.54) is 4.57 Å². The van der Waals surface area contributed by atoms with Crippen LogP contribution in [0.2, 0.25) is 0 Å². The van der Waals surface area contributed by atoms with Gasteiger partial charge in [0, 0.05) is 41.0 Å². The summed E-state index contributed by atoms with van der Waals surface area (Å²) in [7, 11) is 0. The van der Waals surface area contributed by atoms with Gasteiger partial charge in [-0.25, -0.2) is 24.6 Å². The molecule has 0 bridgehead atoms. The highest BCUT2D eigenvalue weighted by Gasteiger charge is 2.23. The fourth-order valence-corrected chi connectivity index (χ4v) is 5.29. The smallest absolute Gasteiger partial charge is 0.426 e. The second-order valence-corrected chi connectivity index (χ2v) is 11.9. The van der Waals surface area contributed by atoms with E-state index in [0.717, 1.165) is 29.5 Å². The molecule has 1 aliphatic rings. The quantitative estimate of drug-likeness (QED) is 0.194. The third-order valence-electron chi connectivity index (χ3n) is 7.45. The van der Waals surface area contributed by atoms with Gasteiger partial charge in [0.1, 0.15) is 5.60 Å². The molecule has 0 spiro atoms. The highest BCUT2D eigenvalue weighted by atomic mass is 16.6. The number of imidazole rings is 1. The van der Waals surface area contributed by atoms with Crippen LogP contribution in [-0.4, -0.2) is 41.8 Å². The number of carbonyl (C=O) groups is 2. The molecular weight excluding hydrogens is 584 g/mol. The summed E-state index contributed by atoms with van der Waals surface area (Å²) in [5.74, 6) is 5.75. The van der Waals surface area contributed by atoms with Crippen LogP contribution in [0.3, 0.4) is 0 Å². The monoisotopic (exact) mass is 616 g/mol. The lowest BCUT2D eigenvalue weighted by molar-refractivity contribution is 0.0483. The molecule has 2 aromatic carbocycles. The predicted octanol–water partition coefficient (Wildman–Crippen LogP) is 4.86. The van der Waals surface area contributed by atoms with Crippen molar-refractivity contribution in [2.75, 3.05) is 0 Å². The van der Waals surface area contributed by atoms with Gasteiger partial charge < -0.3 is 9.84 Å². The summed E-state index contributed by atoms with van der Waals surface area (Å²) in [5, 5.41) is 11.2. The first-order valence-corrected chi connectivity index (χ1v) is 14.9. The van der Waals surface area contributed by atoms with Crippen molar-refractivity contribution in [1.29, 1.82) is 0 Å². The van der Waals surface area contributed by atoms with Crippen molar-refractivity contribution in [2.24, 2.45) is 0 Å². The van der Waals surface area contributed by atoms with Crippen LogP contribution in [0.25, 0.3) is 27.8 Å². The second-order valence-electron chi connectivity index (χ2n) is 11.9. The summed E-state index contributed by atoms with van der Waals surface area (Å²) >= 11 is 0. The molecule has 232 valence electrons. The molecule has 0 unspecified atom stereocenters. The number of nitrogens with one attached hydrogen (secondary N) is 2. The molecule has 0 fully saturated rings. The molecule has 0 radical (unpaired) electrons. The van der Waals surface area contributed by atoms with Gasteiger partial charge in [-0.2, -0.15) is 0 Å². The van der Waals surface area contributed by atoms with E-state index in [4.69, 9.17) is 9.72 Å². The first-order chi connectivity index (χ1) is 22.1. The van der Waals surface area contributed by atoms with Crippen LogP contribution in [0.4, 0.5) is 4.79 Å². The molecule has 1 aliphatic heterocycles. The number of nitrogens with zero attached hydrogens (tertiary/aromatic N) is 4. The van der Waals surface area contributed by atoms with E-state index >= 15 is 0 Å². The molecule has 0 saturated carbocycles. The maximum Gasteiger partial charge on any atom is 0.426 e. The third kappa shape index (κ3) is 6.32. The number of ether oxygens (including phenoxy) is 1. The van der Waals surface area contributed by atoms with Gasteiger partial charge in [-0.1, -0.05) is 24.0 Å². The van der Waals surface area contributed by atoms with Crippen molar-refractivity contribution in [3.8, 4) is 34.7 Å². The number of hydrogen-bond donors (Lipinski definition) is 3. The lowest BCUT2D eigenvalue weighted by Gasteiger charge is -2.19. The van der Waals surface area contributed by atoms with Crippen LogP contribution in [0.1, 0.15) is 60.8 Å². The van der Waals surface area contributed by atoms with Crippen LogP contribution in [0, 0.1) is 11.8 Å². The Hall–Kier alpha value is -5.89. The number of hydrazine groups is 1. The highest BCUT2D eigenvalue weighted by molar-refractivity contribution is 6.07. The standard InChI is InChI=1S/C35H32N6O5/c1-35(2,3)46-33(44)39-38-31(42)26-20-29(37-28-17-18-36-21-27(26)28)24-13-9-22(10-14-24)7-8-23-11-15-25(16-12-23)41-32(43)30-6-4-5-19-40(30)34(41)45/h9-18,20-21,43H,4-6,19H2,1-3H3,(H,38,42)(H,39,44). The number of carbonyl (C=O) groups excluding carboxylic acids is 2. The minimum absolute atomic E-state index is 0.00594. The van der Waals surface area contributed by atoms with Gasteiger partial charge in [0.2, 0.25) is 5.88 Å². The molecule has 0 atom stereocenters. The zero-order valence-electron chi connectivity index (χ0n) is 25.6. The Morgan fingerprint density at radius 2 is 1.65 bits per heavy atom. The molecule has 4 heterocycles. The maximum atomic E-state index is 13.1. The zero-order chi connectivity index (χ0) is 32.4. The lowest BCUT2D eigenvalue weighted by atomic mass is 10.0. The van der Waals surface area contributed by atoms with Crippen molar-refractivity contribution in [3.05, 3.63) is 106 Å². The average Bonchev–Trinajstić information content (AvgIpc) is 3.31. The van der Waals surface area contributed by atoms with Crippen LogP contribution in [-0.2, 0) is 17.7 Å². The van der Waals surface area contributed by atoms with Gasteiger partial charge in [-0.3, -0.25) is 19.8 Å². The molecule has 11 nitrogen and oxygen atoms in total. The number of aromatic hydroxyl groups is 1. The Kier molecular flexibility index (Phi) is 8.03. The maximum absolute atomic E-state index is 13.1. The van der Waals surface area contributed by atoms with Gasteiger partial charge in [0.25, 0.3) is 5.91 Å². The molecule has 3 N–H and O–H groups in total. The molecule has 0 aliphatic carbocycles. The van der Waals surface area contributed by atoms with Crippen LogP contribution in [0.15, 0.2) is 77.9 Å².